The molecule has 1 atom stereocenters. The highest BCUT2D eigenvalue weighted by atomic mass is 19.1. The molecule has 8 heteroatoms. The quantitative estimate of drug-likeness (QED) is 0.633. The van der Waals surface area contributed by atoms with Crippen molar-refractivity contribution in [3.8, 4) is 5.75 Å². The monoisotopic (exact) mass is 423 g/mol. The Labute approximate surface area is 180 Å². The number of amides is 1. The number of ether oxygens (including phenoxy) is 1. The summed E-state index contributed by atoms with van der Waals surface area (Å²) in [4.78, 5) is 14.6. The van der Waals surface area contributed by atoms with Gasteiger partial charge in [0.1, 0.15) is 17.4 Å². The van der Waals surface area contributed by atoms with E-state index in [2.05, 4.69) is 25.0 Å². The third-order valence-electron chi connectivity index (χ3n) is 5.34. The first-order valence-corrected chi connectivity index (χ1v) is 10.4. The topological polar surface area (TPSA) is 72.3 Å². The summed E-state index contributed by atoms with van der Waals surface area (Å²) in [7, 11) is 0. The molecule has 1 aliphatic rings. The van der Waals surface area contributed by atoms with E-state index >= 15 is 0 Å². The molecule has 7 nitrogen and oxygen atoms in total. The molecule has 1 N–H and O–H groups in total. The first-order chi connectivity index (χ1) is 15.1. The number of nitrogens with zero attached hydrogens (tertiary/aromatic N) is 4. The van der Waals surface area contributed by atoms with Crippen LogP contribution in [0.1, 0.15) is 30.2 Å². The summed E-state index contributed by atoms with van der Waals surface area (Å²) in [6.45, 7) is 5.02. The third-order valence-corrected chi connectivity index (χ3v) is 5.34. The van der Waals surface area contributed by atoms with Crippen LogP contribution in [-0.4, -0.2) is 45.3 Å². The molecule has 31 heavy (non-hydrogen) atoms. The van der Waals surface area contributed by atoms with Gasteiger partial charge in [0.2, 0.25) is 0 Å². The Kier molecular flexibility index (Phi) is 6.57. The lowest BCUT2D eigenvalue weighted by Crippen LogP contribution is -2.33. The van der Waals surface area contributed by atoms with Crippen LogP contribution in [0.5, 0.6) is 5.75 Å². The molecule has 2 aromatic carbocycles. The molecule has 0 aliphatic carbocycles. The fourth-order valence-corrected chi connectivity index (χ4v) is 3.73. The van der Waals surface area contributed by atoms with Gasteiger partial charge in [-0.1, -0.05) is 30.3 Å². The summed E-state index contributed by atoms with van der Waals surface area (Å²) in [5.74, 6) is 1.88. The molecule has 1 aromatic heterocycles. The lowest BCUT2D eigenvalue weighted by molar-refractivity contribution is -0.123. The first-order valence-electron chi connectivity index (χ1n) is 10.4. The molecule has 0 spiro atoms. The highest BCUT2D eigenvalue weighted by Gasteiger charge is 2.23. The van der Waals surface area contributed by atoms with E-state index in [0.29, 0.717) is 5.75 Å². The highest BCUT2D eigenvalue weighted by molar-refractivity contribution is 5.77. The minimum atomic E-state index is -0.281. The summed E-state index contributed by atoms with van der Waals surface area (Å²) < 4.78 is 20.7. The van der Waals surface area contributed by atoms with E-state index in [9.17, 15) is 9.18 Å². The number of carbonyl (C=O) groups is 1. The fraction of sp³-hybridized carbons (Fsp3) is 0.348. The number of nitrogens with one attached hydrogen (secondary N) is 1. The molecule has 0 bridgehead atoms. The minimum Gasteiger partial charge on any atom is -0.484 e. The standard InChI is InChI=1S/C23H26FN5O2/c1-17(25-22(30)16-31-20-5-3-2-4-6-20)23-27-26-21-11-12-28(13-14-29(21)23)15-18-7-9-19(24)10-8-18/h2-10,17H,11-16H2,1H3,(H,25,30)/t17-/m0/s1. The molecule has 3 aromatic rings. The van der Waals surface area contributed by atoms with Crippen molar-refractivity contribution in [3.05, 3.63) is 77.6 Å². The first kappa shape index (κ1) is 21.0. The Balaban J connectivity index is 1.33. The van der Waals surface area contributed by atoms with Crippen LogP contribution in [0, 0.1) is 5.82 Å². The van der Waals surface area contributed by atoms with Gasteiger partial charge in [-0.3, -0.25) is 9.69 Å². The van der Waals surface area contributed by atoms with Crippen molar-refractivity contribution in [1.29, 1.82) is 0 Å². The van der Waals surface area contributed by atoms with E-state index in [0.717, 1.165) is 49.8 Å². The Morgan fingerprint density at radius 1 is 1.10 bits per heavy atom. The van der Waals surface area contributed by atoms with Crippen molar-refractivity contribution in [2.75, 3.05) is 19.7 Å². The van der Waals surface area contributed by atoms with Gasteiger partial charge < -0.3 is 14.6 Å². The molecule has 0 fully saturated rings. The SMILES string of the molecule is C[C@H](NC(=O)COc1ccccc1)c1nnc2n1CCN(Cc1ccc(F)cc1)CC2. The van der Waals surface area contributed by atoms with Gasteiger partial charge in [-0.05, 0) is 36.8 Å². The number of benzene rings is 2. The molecule has 162 valence electrons. The number of carbonyl (C=O) groups excluding carboxylic acids is 1. The van der Waals surface area contributed by atoms with Gasteiger partial charge in [0.05, 0.1) is 6.04 Å². The van der Waals surface area contributed by atoms with Crippen molar-refractivity contribution in [2.45, 2.75) is 32.5 Å². The van der Waals surface area contributed by atoms with Crippen molar-refractivity contribution < 1.29 is 13.9 Å². The van der Waals surface area contributed by atoms with Crippen LogP contribution >= 0.6 is 0 Å². The summed E-state index contributed by atoms with van der Waals surface area (Å²) in [6, 6.07) is 15.6. The van der Waals surface area contributed by atoms with E-state index in [1.54, 1.807) is 0 Å². The number of hydrogen-bond acceptors (Lipinski definition) is 5. The number of halogens is 1. The maximum atomic E-state index is 13.1. The van der Waals surface area contributed by atoms with Gasteiger partial charge in [-0.25, -0.2) is 4.39 Å². The lowest BCUT2D eigenvalue weighted by atomic mass is 10.2. The van der Waals surface area contributed by atoms with Gasteiger partial charge >= 0.3 is 0 Å². The maximum absolute atomic E-state index is 13.1. The van der Waals surface area contributed by atoms with E-state index in [1.165, 1.54) is 12.1 Å². The Morgan fingerprint density at radius 2 is 1.87 bits per heavy atom. The lowest BCUT2D eigenvalue weighted by Gasteiger charge is -2.20. The summed E-state index contributed by atoms with van der Waals surface area (Å²) in [5.41, 5.74) is 1.08. The van der Waals surface area contributed by atoms with Gasteiger partial charge in [0, 0.05) is 32.6 Å². The number of rotatable bonds is 7. The summed E-state index contributed by atoms with van der Waals surface area (Å²) >= 11 is 0. The molecule has 0 saturated heterocycles. The molecular formula is C23H26FN5O2. The molecule has 0 saturated carbocycles. The van der Waals surface area contributed by atoms with E-state index in [-0.39, 0.29) is 24.4 Å². The minimum absolute atomic E-state index is 0.0548. The van der Waals surface area contributed by atoms with Crippen LogP contribution in [0.3, 0.4) is 0 Å². The van der Waals surface area contributed by atoms with Gasteiger partial charge in [0.25, 0.3) is 5.91 Å². The third kappa shape index (κ3) is 5.46. The Bertz CT molecular complexity index is 1010. The summed E-state index contributed by atoms with van der Waals surface area (Å²) in [5, 5.41) is 11.6. The Morgan fingerprint density at radius 3 is 2.65 bits per heavy atom. The number of aromatic nitrogens is 3. The van der Waals surface area contributed by atoms with Gasteiger partial charge in [0.15, 0.2) is 12.4 Å². The number of hydrogen-bond donors (Lipinski definition) is 1. The Hall–Kier alpha value is -3.26. The van der Waals surface area contributed by atoms with Crippen LogP contribution in [0.4, 0.5) is 4.39 Å². The van der Waals surface area contributed by atoms with Crippen LogP contribution < -0.4 is 10.1 Å². The van der Waals surface area contributed by atoms with Crippen molar-refractivity contribution >= 4 is 5.91 Å². The second-order valence-electron chi connectivity index (χ2n) is 7.67. The van der Waals surface area contributed by atoms with Crippen LogP contribution in [-0.2, 0) is 24.3 Å². The van der Waals surface area contributed by atoms with Gasteiger partial charge in [-0.15, -0.1) is 10.2 Å². The molecule has 2 heterocycles. The van der Waals surface area contributed by atoms with Crippen molar-refractivity contribution in [2.24, 2.45) is 0 Å². The smallest absolute Gasteiger partial charge is 0.258 e. The predicted molar refractivity (Wildman–Crippen MR) is 114 cm³/mol. The average Bonchev–Trinajstić information content (AvgIpc) is 3.09. The largest absolute Gasteiger partial charge is 0.484 e. The normalized spacial score (nSPS) is 15.0. The highest BCUT2D eigenvalue weighted by Crippen LogP contribution is 2.17. The molecule has 1 amide bonds. The molecular weight excluding hydrogens is 397 g/mol. The zero-order chi connectivity index (χ0) is 21.6. The maximum Gasteiger partial charge on any atom is 0.258 e. The fourth-order valence-electron chi connectivity index (χ4n) is 3.73. The van der Waals surface area contributed by atoms with E-state index in [4.69, 9.17) is 4.74 Å². The van der Waals surface area contributed by atoms with E-state index < -0.39 is 0 Å². The second-order valence-corrected chi connectivity index (χ2v) is 7.67. The van der Waals surface area contributed by atoms with Crippen molar-refractivity contribution in [3.63, 3.8) is 0 Å². The molecule has 0 radical (unpaired) electrons. The van der Waals surface area contributed by atoms with Crippen LogP contribution in [0.2, 0.25) is 0 Å². The van der Waals surface area contributed by atoms with Crippen molar-refractivity contribution in [1.82, 2.24) is 25.0 Å². The molecule has 1 aliphatic heterocycles. The predicted octanol–water partition coefficient (Wildman–Crippen LogP) is 2.73. The molecule has 0 unspecified atom stereocenters. The number of para-hydroxylation sites is 1. The zero-order valence-electron chi connectivity index (χ0n) is 17.5. The molecule has 4 rings (SSSR count). The summed E-state index contributed by atoms with van der Waals surface area (Å²) in [6.07, 6.45) is 0.770. The number of fused-ring (bicyclic) bond motifs is 1. The van der Waals surface area contributed by atoms with Crippen LogP contribution in [0.25, 0.3) is 0 Å². The van der Waals surface area contributed by atoms with Crippen LogP contribution in [0.15, 0.2) is 54.6 Å². The average molecular weight is 423 g/mol. The van der Waals surface area contributed by atoms with Gasteiger partial charge in [-0.2, -0.15) is 0 Å². The second kappa shape index (κ2) is 9.70. The van der Waals surface area contributed by atoms with E-state index in [1.807, 2.05) is 49.4 Å². The zero-order valence-corrected chi connectivity index (χ0v) is 17.5.